The van der Waals surface area contributed by atoms with Gasteiger partial charge in [-0.05, 0) is 62.5 Å². The maximum atomic E-state index is 13.5. The van der Waals surface area contributed by atoms with Gasteiger partial charge in [-0.25, -0.2) is 4.39 Å². The van der Waals surface area contributed by atoms with Crippen molar-refractivity contribution in [1.82, 2.24) is 0 Å². The lowest BCUT2D eigenvalue weighted by Gasteiger charge is -2.12. The molecular formula is C14H12Br2FN. The van der Waals surface area contributed by atoms with Gasteiger partial charge in [-0.3, -0.25) is 0 Å². The van der Waals surface area contributed by atoms with E-state index in [1.807, 2.05) is 25.1 Å². The van der Waals surface area contributed by atoms with E-state index in [0.717, 1.165) is 20.2 Å². The van der Waals surface area contributed by atoms with Gasteiger partial charge in [0.1, 0.15) is 5.82 Å². The van der Waals surface area contributed by atoms with Crippen LogP contribution in [-0.4, -0.2) is 0 Å². The highest BCUT2D eigenvalue weighted by atomic mass is 79.9. The topological polar surface area (TPSA) is 12.0 Å². The Kier molecular flexibility index (Phi) is 4.40. The maximum Gasteiger partial charge on any atom is 0.128 e. The smallest absolute Gasteiger partial charge is 0.128 e. The summed E-state index contributed by atoms with van der Waals surface area (Å²) < 4.78 is 15.4. The zero-order valence-corrected chi connectivity index (χ0v) is 13.0. The van der Waals surface area contributed by atoms with E-state index < -0.39 is 0 Å². The average molecular weight is 373 g/mol. The van der Waals surface area contributed by atoms with Gasteiger partial charge in [-0.15, -0.1) is 0 Å². The van der Waals surface area contributed by atoms with E-state index in [-0.39, 0.29) is 5.82 Å². The predicted molar refractivity (Wildman–Crippen MR) is 80.3 cm³/mol. The Balaban J connectivity index is 2.19. The predicted octanol–water partition coefficient (Wildman–Crippen LogP) is 5.27. The second-order valence-corrected chi connectivity index (χ2v) is 5.76. The molecule has 0 fully saturated rings. The highest BCUT2D eigenvalue weighted by Gasteiger charge is 2.07. The fraction of sp³-hybridized carbons (Fsp3) is 0.143. The van der Waals surface area contributed by atoms with Crippen LogP contribution in [0.3, 0.4) is 0 Å². The first kappa shape index (κ1) is 13.6. The number of hydrogen-bond acceptors (Lipinski definition) is 1. The summed E-state index contributed by atoms with van der Waals surface area (Å²) >= 11 is 7.01. The Bertz CT molecular complexity index is 546. The van der Waals surface area contributed by atoms with Crippen molar-refractivity contribution in [3.05, 3.63) is 62.3 Å². The van der Waals surface area contributed by atoms with E-state index in [0.29, 0.717) is 12.1 Å². The molecule has 2 rings (SSSR count). The molecule has 0 bridgehead atoms. The molecule has 2 aromatic rings. The molecule has 0 aromatic heterocycles. The molecule has 18 heavy (non-hydrogen) atoms. The molecular weight excluding hydrogens is 361 g/mol. The lowest BCUT2D eigenvalue weighted by atomic mass is 10.2. The molecule has 0 heterocycles. The number of benzene rings is 2. The summed E-state index contributed by atoms with van der Waals surface area (Å²) in [5, 5.41) is 3.23. The molecule has 0 aliphatic carbocycles. The molecule has 0 atom stereocenters. The van der Waals surface area contributed by atoms with Crippen molar-refractivity contribution in [3.8, 4) is 0 Å². The van der Waals surface area contributed by atoms with Gasteiger partial charge in [-0.2, -0.15) is 0 Å². The third kappa shape index (κ3) is 3.12. The van der Waals surface area contributed by atoms with Crippen LogP contribution in [0.1, 0.15) is 11.1 Å². The fourth-order valence-corrected chi connectivity index (χ4v) is 3.39. The standard InChI is InChI=1S/C14H12Br2FN/c1-9-6-11(15)14(12(16)7-9)18-8-10-4-2-3-5-13(10)17/h2-7,18H,8H2,1H3. The van der Waals surface area contributed by atoms with Crippen molar-refractivity contribution in [2.75, 3.05) is 5.32 Å². The zero-order valence-electron chi connectivity index (χ0n) is 9.81. The second kappa shape index (κ2) is 5.85. The van der Waals surface area contributed by atoms with Crippen molar-refractivity contribution in [2.24, 2.45) is 0 Å². The van der Waals surface area contributed by atoms with Crippen molar-refractivity contribution in [2.45, 2.75) is 13.5 Å². The minimum atomic E-state index is -0.190. The molecule has 0 unspecified atom stereocenters. The maximum absolute atomic E-state index is 13.5. The number of anilines is 1. The largest absolute Gasteiger partial charge is 0.379 e. The quantitative estimate of drug-likeness (QED) is 0.773. The minimum absolute atomic E-state index is 0.190. The first-order valence-electron chi connectivity index (χ1n) is 5.51. The van der Waals surface area contributed by atoms with Gasteiger partial charge in [0.15, 0.2) is 0 Å². The molecule has 0 amide bonds. The van der Waals surface area contributed by atoms with Crippen molar-refractivity contribution < 1.29 is 4.39 Å². The van der Waals surface area contributed by atoms with Crippen molar-refractivity contribution in [1.29, 1.82) is 0 Å². The SMILES string of the molecule is Cc1cc(Br)c(NCc2ccccc2F)c(Br)c1. The lowest BCUT2D eigenvalue weighted by molar-refractivity contribution is 0.613. The molecule has 0 saturated carbocycles. The first-order chi connectivity index (χ1) is 8.58. The second-order valence-electron chi connectivity index (χ2n) is 4.05. The molecule has 94 valence electrons. The van der Waals surface area contributed by atoms with E-state index in [4.69, 9.17) is 0 Å². The van der Waals surface area contributed by atoms with Crippen LogP contribution < -0.4 is 5.32 Å². The van der Waals surface area contributed by atoms with Gasteiger partial charge in [0.25, 0.3) is 0 Å². The fourth-order valence-electron chi connectivity index (χ4n) is 1.69. The van der Waals surface area contributed by atoms with E-state index in [2.05, 4.69) is 37.2 Å². The first-order valence-corrected chi connectivity index (χ1v) is 7.09. The minimum Gasteiger partial charge on any atom is -0.379 e. The van der Waals surface area contributed by atoms with Gasteiger partial charge in [-0.1, -0.05) is 18.2 Å². The summed E-state index contributed by atoms with van der Waals surface area (Å²) in [5.74, 6) is -0.190. The van der Waals surface area contributed by atoms with Gasteiger partial charge >= 0.3 is 0 Å². The van der Waals surface area contributed by atoms with Crippen LogP contribution >= 0.6 is 31.9 Å². The summed E-state index contributed by atoms with van der Waals surface area (Å²) in [7, 11) is 0. The van der Waals surface area contributed by atoms with Crippen LogP contribution in [0.25, 0.3) is 0 Å². The number of aryl methyl sites for hydroxylation is 1. The van der Waals surface area contributed by atoms with E-state index in [9.17, 15) is 4.39 Å². The lowest BCUT2D eigenvalue weighted by Crippen LogP contribution is -2.03. The van der Waals surface area contributed by atoms with Crippen LogP contribution in [0, 0.1) is 12.7 Å². The Morgan fingerprint density at radius 3 is 2.33 bits per heavy atom. The summed E-state index contributed by atoms with van der Waals surface area (Å²) in [6.45, 7) is 2.48. The average Bonchev–Trinajstić information content (AvgIpc) is 2.30. The zero-order chi connectivity index (χ0) is 13.1. The van der Waals surface area contributed by atoms with Crippen LogP contribution in [0.5, 0.6) is 0 Å². The molecule has 0 aliphatic heterocycles. The highest BCUT2D eigenvalue weighted by Crippen LogP contribution is 2.32. The molecule has 0 spiro atoms. The molecule has 0 saturated heterocycles. The molecule has 1 N–H and O–H groups in total. The van der Waals surface area contributed by atoms with E-state index in [1.165, 1.54) is 6.07 Å². The third-order valence-electron chi connectivity index (χ3n) is 2.60. The number of halogens is 3. The van der Waals surface area contributed by atoms with E-state index >= 15 is 0 Å². The Hall–Kier alpha value is -0.870. The summed E-state index contributed by atoms with van der Waals surface area (Å²) in [5.41, 5.74) is 2.74. The summed E-state index contributed by atoms with van der Waals surface area (Å²) in [6, 6.07) is 10.8. The van der Waals surface area contributed by atoms with Crippen molar-refractivity contribution >= 4 is 37.5 Å². The third-order valence-corrected chi connectivity index (χ3v) is 3.85. The molecule has 0 radical (unpaired) electrons. The van der Waals surface area contributed by atoms with Crippen LogP contribution in [0.4, 0.5) is 10.1 Å². The normalized spacial score (nSPS) is 10.4. The summed E-state index contributed by atoms with van der Waals surface area (Å²) in [6.07, 6.45) is 0. The molecule has 2 aromatic carbocycles. The van der Waals surface area contributed by atoms with Gasteiger partial charge < -0.3 is 5.32 Å². The van der Waals surface area contributed by atoms with E-state index in [1.54, 1.807) is 12.1 Å². The Morgan fingerprint density at radius 2 is 1.72 bits per heavy atom. The molecule has 0 aliphatic rings. The molecule has 1 nitrogen and oxygen atoms in total. The number of nitrogens with one attached hydrogen (secondary N) is 1. The van der Waals surface area contributed by atoms with Crippen LogP contribution in [0.15, 0.2) is 45.3 Å². The number of rotatable bonds is 3. The van der Waals surface area contributed by atoms with Gasteiger partial charge in [0, 0.05) is 21.1 Å². The van der Waals surface area contributed by atoms with Crippen molar-refractivity contribution in [3.63, 3.8) is 0 Å². The number of hydrogen-bond donors (Lipinski definition) is 1. The van der Waals surface area contributed by atoms with Gasteiger partial charge in [0.2, 0.25) is 0 Å². The molecule has 4 heteroatoms. The van der Waals surface area contributed by atoms with Crippen LogP contribution in [0.2, 0.25) is 0 Å². The highest BCUT2D eigenvalue weighted by molar-refractivity contribution is 9.11. The Labute approximate surface area is 123 Å². The Morgan fingerprint density at radius 1 is 1.11 bits per heavy atom. The summed E-state index contributed by atoms with van der Waals surface area (Å²) in [4.78, 5) is 0. The van der Waals surface area contributed by atoms with Gasteiger partial charge in [0.05, 0.1) is 5.69 Å². The monoisotopic (exact) mass is 371 g/mol. The van der Waals surface area contributed by atoms with Crippen LogP contribution in [-0.2, 0) is 6.54 Å².